The Kier molecular flexibility index (Phi) is 10.4. The summed E-state index contributed by atoms with van der Waals surface area (Å²) in [5.41, 5.74) is 0.755. The van der Waals surface area contributed by atoms with Gasteiger partial charge in [-0.25, -0.2) is 8.42 Å². The van der Waals surface area contributed by atoms with E-state index in [0.717, 1.165) is 36.2 Å². The van der Waals surface area contributed by atoms with E-state index in [4.69, 9.17) is 46.4 Å². The van der Waals surface area contributed by atoms with Gasteiger partial charge in [-0.05, 0) is 55.2 Å². The van der Waals surface area contributed by atoms with E-state index in [-0.39, 0.29) is 34.2 Å². The molecule has 0 aliphatic heterocycles. The average Bonchev–Trinajstić information content (AvgIpc) is 3.32. The van der Waals surface area contributed by atoms with E-state index in [1.807, 2.05) is 0 Å². The largest absolute Gasteiger partial charge is 0.352 e. The van der Waals surface area contributed by atoms with Crippen molar-refractivity contribution in [1.29, 1.82) is 0 Å². The van der Waals surface area contributed by atoms with Crippen LogP contribution in [0.4, 0.5) is 5.69 Å². The molecule has 0 spiro atoms. The smallest absolute Gasteiger partial charge is 0.244 e. The van der Waals surface area contributed by atoms with E-state index in [1.165, 1.54) is 23.1 Å². The summed E-state index contributed by atoms with van der Waals surface area (Å²) in [7, 11) is -3.89. The molecule has 1 fully saturated rings. The fourth-order valence-electron chi connectivity index (χ4n) is 4.37. The van der Waals surface area contributed by atoms with Crippen LogP contribution in [0.15, 0.2) is 36.4 Å². The molecule has 0 unspecified atom stereocenters. The molecule has 1 atom stereocenters. The number of anilines is 1. The van der Waals surface area contributed by atoms with Crippen molar-refractivity contribution < 1.29 is 18.0 Å². The van der Waals surface area contributed by atoms with Crippen LogP contribution in [0, 0.1) is 0 Å². The van der Waals surface area contributed by atoms with Crippen LogP contribution in [0.2, 0.25) is 20.1 Å². The Labute approximate surface area is 238 Å². The van der Waals surface area contributed by atoms with Crippen LogP contribution >= 0.6 is 46.4 Å². The van der Waals surface area contributed by atoms with E-state index < -0.39 is 28.5 Å². The van der Waals surface area contributed by atoms with Gasteiger partial charge in [-0.2, -0.15) is 0 Å². The predicted octanol–water partition coefficient (Wildman–Crippen LogP) is 5.93. The molecule has 3 rings (SSSR count). The lowest BCUT2D eigenvalue weighted by Crippen LogP contribution is -2.53. The summed E-state index contributed by atoms with van der Waals surface area (Å²) < 4.78 is 26.3. The molecule has 2 aromatic rings. The molecule has 2 aromatic carbocycles. The van der Waals surface area contributed by atoms with Gasteiger partial charge in [-0.15, -0.1) is 0 Å². The van der Waals surface area contributed by atoms with Gasteiger partial charge in [-0.1, -0.05) is 72.2 Å². The molecule has 202 valence electrons. The van der Waals surface area contributed by atoms with Crippen LogP contribution in [0.25, 0.3) is 0 Å². The van der Waals surface area contributed by atoms with Crippen LogP contribution in [-0.2, 0) is 26.2 Å². The first-order valence-corrected chi connectivity index (χ1v) is 15.2. The van der Waals surface area contributed by atoms with Crippen molar-refractivity contribution in [1.82, 2.24) is 10.2 Å². The number of benzene rings is 2. The number of halogens is 4. The molecule has 37 heavy (non-hydrogen) atoms. The molecule has 0 bridgehead atoms. The number of hydrogen-bond acceptors (Lipinski definition) is 4. The first-order valence-electron chi connectivity index (χ1n) is 11.9. The summed E-state index contributed by atoms with van der Waals surface area (Å²) in [6.45, 7) is 1.25. The van der Waals surface area contributed by atoms with Gasteiger partial charge in [0, 0.05) is 22.6 Å². The highest BCUT2D eigenvalue weighted by Gasteiger charge is 2.33. The van der Waals surface area contributed by atoms with Gasteiger partial charge in [0.05, 0.1) is 22.0 Å². The zero-order valence-electron chi connectivity index (χ0n) is 20.5. The Morgan fingerprint density at radius 3 is 2.24 bits per heavy atom. The standard InChI is InChI=1S/C25H29Cl4N3O4S/c1-3-23(25(34)30-18-6-4-5-7-18)31(14-16-8-9-17(26)12-21(16)28)24(33)15-32(37(2,35)36)19-10-11-20(27)22(29)13-19/h8-13,18,23H,3-7,14-15H2,1-2H3,(H,30,34)/t23-/m0/s1. The van der Waals surface area contributed by atoms with Crippen molar-refractivity contribution in [3.8, 4) is 0 Å². The minimum atomic E-state index is -3.89. The van der Waals surface area contributed by atoms with Crippen molar-refractivity contribution >= 4 is 73.9 Å². The number of carbonyl (C=O) groups excluding carboxylic acids is 2. The fraction of sp³-hybridized carbons (Fsp3) is 0.440. The lowest BCUT2D eigenvalue weighted by atomic mass is 10.1. The van der Waals surface area contributed by atoms with Crippen molar-refractivity contribution in [3.05, 3.63) is 62.1 Å². The van der Waals surface area contributed by atoms with Crippen LogP contribution in [0.1, 0.15) is 44.6 Å². The molecule has 1 aliphatic carbocycles. The minimum Gasteiger partial charge on any atom is -0.352 e. The van der Waals surface area contributed by atoms with Crippen LogP contribution in [-0.4, -0.2) is 50.0 Å². The number of carbonyl (C=O) groups is 2. The lowest BCUT2D eigenvalue weighted by Gasteiger charge is -2.33. The number of nitrogens with zero attached hydrogens (tertiary/aromatic N) is 2. The van der Waals surface area contributed by atoms with Gasteiger partial charge in [0.25, 0.3) is 0 Å². The van der Waals surface area contributed by atoms with E-state index in [1.54, 1.807) is 25.1 Å². The zero-order chi connectivity index (χ0) is 27.3. The van der Waals surface area contributed by atoms with Gasteiger partial charge in [0.15, 0.2) is 0 Å². The van der Waals surface area contributed by atoms with Crippen molar-refractivity contribution in [2.24, 2.45) is 0 Å². The molecule has 1 saturated carbocycles. The topological polar surface area (TPSA) is 86.8 Å². The van der Waals surface area contributed by atoms with Crippen LogP contribution < -0.4 is 9.62 Å². The minimum absolute atomic E-state index is 0.00952. The van der Waals surface area contributed by atoms with E-state index in [2.05, 4.69) is 5.32 Å². The molecule has 12 heteroatoms. The molecule has 7 nitrogen and oxygen atoms in total. The maximum absolute atomic E-state index is 13.8. The Hall–Kier alpha value is -1.71. The van der Waals surface area contributed by atoms with Gasteiger partial charge < -0.3 is 10.2 Å². The monoisotopic (exact) mass is 607 g/mol. The molecule has 0 heterocycles. The maximum Gasteiger partial charge on any atom is 0.244 e. The van der Waals surface area contributed by atoms with Crippen LogP contribution in [0.3, 0.4) is 0 Å². The highest BCUT2D eigenvalue weighted by atomic mass is 35.5. The molecular weight excluding hydrogens is 580 g/mol. The number of rotatable bonds is 10. The SMILES string of the molecule is CC[C@@H](C(=O)NC1CCCC1)N(Cc1ccc(Cl)cc1Cl)C(=O)CN(c1ccc(Cl)c(Cl)c1)S(C)(=O)=O. The molecule has 0 aromatic heterocycles. The number of hydrogen-bond donors (Lipinski definition) is 1. The molecule has 0 radical (unpaired) electrons. The van der Waals surface area contributed by atoms with Gasteiger partial charge in [-0.3, -0.25) is 13.9 Å². The number of sulfonamides is 1. The zero-order valence-corrected chi connectivity index (χ0v) is 24.4. The third-order valence-corrected chi connectivity index (χ3v) is 8.78. The Morgan fingerprint density at radius 1 is 1.00 bits per heavy atom. The first kappa shape index (κ1) is 29.8. The summed E-state index contributed by atoms with van der Waals surface area (Å²) in [6, 6.07) is 8.39. The molecule has 2 amide bonds. The average molecular weight is 609 g/mol. The van der Waals surface area contributed by atoms with Crippen molar-refractivity contribution in [2.45, 2.75) is 57.7 Å². The van der Waals surface area contributed by atoms with Gasteiger partial charge in [0.1, 0.15) is 12.6 Å². The quantitative estimate of drug-likeness (QED) is 0.362. The van der Waals surface area contributed by atoms with Crippen molar-refractivity contribution in [2.75, 3.05) is 17.1 Å². The summed E-state index contributed by atoms with van der Waals surface area (Å²) in [5, 5.41) is 4.21. The third kappa shape index (κ3) is 7.90. The third-order valence-electron chi connectivity index (χ3n) is 6.31. The maximum atomic E-state index is 13.8. The highest BCUT2D eigenvalue weighted by Crippen LogP contribution is 2.29. The summed E-state index contributed by atoms with van der Waals surface area (Å²) in [6.07, 6.45) is 5.17. The van der Waals surface area contributed by atoms with Crippen molar-refractivity contribution in [3.63, 3.8) is 0 Å². The number of amides is 2. The number of nitrogens with one attached hydrogen (secondary N) is 1. The second-order valence-electron chi connectivity index (χ2n) is 9.04. The summed E-state index contributed by atoms with van der Waals surface area (Å²) in [5.74, 6) is -0.857. The molecule has 1 N–H and O–H groups in total. The molecular formula is C25H29Cl4N3O4S. The van der Waals surface area contributed by atoms with Gasteiger partial charge in [0.2, 0.25) is 21.8 Å². The summed E-state index contributed by atoms with van der Waals surface area (Å²) >= 11 is 24.5. The second kappa shape index (κ2) is 12.9. The first-order chi connectivity index (χ1) is 17.4. The van der Waals surface area contributed by atoms with E-state index >= 15 is 0 Å². The van der Waals surface area contributed by atoms with Crippen LogP contribution in [0.5, 0.6) is 0 Å². The second-order valence-corrected chi connectivity index (χ2v) is 12.6. The Balaban J connectivity index is 1.96. The molecule has 0 saturated heterocycles. The molecule has 1 aliphatic rings. The van der Waals surface area contributed by atoms with Gasteiger partial charge >= 0.3 is 0 Å². The Morgan fingerprint density at radius 2 is 1.68 bits per heavy atom. The van der Waals surface area contributed by atoms with E-state index in [0.29, 0.717) is 22.0 Å². The predicted molar refractivity (Wildman–Crippen MR) is 150 cm³/mol. The fourth-order valence-corrected chi connectivity index (χ4v) is 5.98. The Bertz CT molecular complexity index is 1250. The van der Waals surface area contributed by atoms with E-state index in [9.17, 15) is 18.0 Å². The highest BCUT2D eigenvalue weighted by molar-refractivity contribution is 7.92. The lowest BCUT2D eigenvalue weighted by molar-refractivity contribution is -0.140. The summed E-state index contributed by atoms with van der Waals surface area (Å²) in [4.78, 5) is 28.4. The normalized spacial score (nSPS) is 14.9.